The molecule has 140 valence electrons. The van der Waals surface area contributed by atoms with E-state index in [9.17, 15) is 4.79 Å². The summed E-state index contributed by atoms with van der Waals surface area (Å²) in [4.78, 5) is 12.4. The van der Waals surface area contributed by atoms with E-state index >= 15 is 0 Å². The molecule has 3 N–H and O–H groups in total. The summed E-state index contributed by atoms with van der Waals surface area (Å²) in [6.07, 6.45) is 1.32. The number of hydrogen-bond donors (Lipinski definition) is 2. The topological polar surface area (TPSA) is 146 Å². The van der Waals surface area contributed by atoms with Gasteiger partial charge in [-0.25, -0.2) is 10.1 Å². The molecule has 27 heavy (non-hydrogen) atoms. The van der Waals surface area contributed by atoms with Crippen molar-refractivity contribution in [2.45, 2.75) is 6.61 Å². The number of methoxy groups -OCH3 is 1. The monoisotopic (exact) mass is 410 g/mol. The van der Waals surface area contributed by atoms with Crippen LogP contribution in [0.5, 0.6) is 0 Å². The number of nitrogens with zero attached hydrogens (tertiary/aromatic N) is 6. The highest BCUT2D eigenvalue weighted by Gasteiger charge is 2.23. The lowest BCUT2D eigenvalue weighted by Crippen LogP contribution is -2.20. The van der Waals surface area contributed by atoms with Gasteiger partial charge >= 0.3 is 0 Å². The third-order valence-corrected chi connectivity index (χ3v) is 3.97. The quantitative estimate of drug-likeness (QED) is 0.458. The predicted molar refractivity (Wildman–Crippen MR) is 95.9 cm³/mol. The maximum atomic E-state index is 12.4. The number of nitrogens with one attached hydrogen (secondary N) is 1. The summed E-state index contributed by atoms with van der Waals surface area (Å²) < 4.78 is 10.8. The van der Waals surface area contributed by atoms with Crippen LogP contribution in [-0.4, -0.2) is 44.5 Å². The van der Waals surface area contributed by atoms with Crippen molar-refractivity contribution in [1.82, 2.24) is 30.7 Å². The van der Waals surface area contributed by atoms with Gasteiger partial charge in [-0.3, -0.25) is 4.79 Å². The molecule has 0 saturated carbocycles. The standard InChI is InChI=1S/C14H12Cl2N8O3/c1-26-6-10-11(19-23-24(10)13-12(17)21-27-22-13)14(25)20-18-5-7-8(15)3-2-4-9(7)16/h2-5H,6H2,1H3,(H2,17,21)(H,20,25). The summed E-state index contributed by atoms with van der Waals surface area (Å²) >= 11 is 12.1. The highest BCUT2D eigenvalue weighted by atomic mass is 35.5. The molecule has 1 aromatic carbocycles. The SMILES string of the molecule is COCc1c(C(=O)NN=Cc2c(Cl)cccc2Cl)nnn1-c1nonc1N. The molecule has 0 bridgehead atoms. The molecule has 0 fully saturated rings. The lowest BCUT2D eigenvalue weighted by Gasteiger charge is -2.04. The van der Waals surface area contributed by atoms with Gasteiger partial charge in [0, 0.05) is 12.7 Å². The Morgan fingerprint density at radius 1 is 1.41 bits per heavy atom. The van der Waals surface area contributed by atoms with Gasteiger partial charge in [-0.05, 0) is 22.4 Å². The van der Waals surface area contributed by atoms with Crippen LogP contribution in [0.2, 0.25) is 10.0 Å². The third-order valence-electron chi connectivity index (χ3n) is 3.31. The number of nitrogens with two attached hydrogens (primary N) is 1. The van der Waals surface area contributed by atoms with Gasteiger partial charge in [0.1, 0.15) is 5.69 Å². The number of carbonyl (C=O) groups is 1. The molecule has 2 aromatic heterocycles. The Bertz CT molecular complexity index is 980. The molecular formula is C14H12Cl2N8O3. The predicted octanol–water partition coefficient (Wildman–Crippen LogP) is 1.45. The Kier molecular flexibility index (Phi) is 5.64. The second-order valence-electron chi connectivity index (χ2n) is 5.04. The van der Waals surface area contributed by atoms with E-state index < -0.39 is 5.91 Å². The molecular weight excluding hydrogens is 399 g/mol. The maximum absolute atomic E-state index is 12.4. The smallest absolute Gasteiger partial charge is 0.293 e. The normalized spacial score (nSPS) is 11.2. The number of nitrogen functional groups attached to an aromatic ring is 1. The van der Waals surface area contributed by atoms with E-state index in [4.69, 9.17) is 33.7 Å². The first-order valence-electron chi connectivity index (χ1n) is 7.32. The lowest BCUT2D eigenvalue weighted by molar-refractivity contribution is 0.0944. The molecule has 11 nitrogen and oxygen atoms in total. The van der Waals surface area contributed by atoms with Crippen molar-refractivity contribution in [3.8, 4) is 5.82 Å². The number of aromatic nitrogens is 5. The highest BCUT2D eigenvalue weighted by Crippen LogP contribution is 2.22. The molecule has 3 rings (SSSR count). The minimum atomic E-state index is -0.636. The molecule has 3 aromatic rings. The second-order valence-corrected chi connectivity index (χ2v) is 5.85. The molecule has 13 heteroatoms. The van der Waals surface area contributed by atoms with Crippen LogP contribution in [0.1, 0.15) is 21.7 Å². The lowest BCUT2D eigenvalue weighted by atomic mass is 10.2. The van der Waals surface area contributed by atoms with Crippen LogP contribution < -0.4 is 11.2 Å². The van der Waals surface area contributed by atoms with Crippen molar-refractivity contribution in [3.05, 3.63) is 45.2 Å². The molecule has 0 aliphatic heterocycles. The van der Waals surface area contributed by atoms with Crippen molar-refractivity contribution in [2.24, 2.45) is 5.10 Å². The van der Waals surface area contributed by atoms with Gasteiger partial charge in [0.15, 0.2) is 5.69 Å². The van der Waals surface area contributed by atoms with Gasteiger partial charge in [0.2, 0.25) is 11.6 Å². The fourth-order valence-electron chi connectivity index (χ4n) is 2.09. The van der Waals surface area contributed by atoms with Gasteiger partial charge in [-0.15, -0.1) is 5.10 Å². The Morgan fingerprint density at radius 3 is 2.78 bits per heavy atom. The Balaban J connectivity index is 1.84. The highest BCUT2D eigenvalue weighted by molar-refractivity contribution is 6.38. The molecule has 2 heterocycles. The molecule has 0 unspecified atom stereocenters. The summed E-state index contributed by atoms with van der Waals surface area (Å²) in [6.45, 7) is 0.00209. The van der Waals surface area contributed by atoms with Gasteiger partial charge in [0.05, 0.1) is 22.9 Å². The molecule has 0 aliphatic carbocycles. The van der Waals surface area contributed by atoms with E-state index in [1.165, 1.54) is 18.0 Å². The zero-order valence-electron chi connectivity index (χ0n) is 13.8. The minimum Gasteiger partial charge on any atom is -0.378 e. The number of amides is 1. The van der Waals surface area contributed by atoms with Crippen molar-refractivity contribution in [1.29, 1.82) is 0 Å². The molecule has 0 aliphatic rings. The largest absolute Gasteiger partial charge is 0.378 e. The molecule has 0 saturated heterocycles. The number of hydrogen-bond acceptors (Lipinski definition) is 9. The number of hydrazone groups is 1. The van der Waals surface area contributed by atoms with Crippen LogP contribution in [0.4, 0.5) is 5.82 Å². The summed E-state index contributed by atoms with van der Waals surface area (Å²) in [5.74, 6) is -0.571. The summed E-state index contributed by atoms with van der Waals surface area (Å²) in [7, 11) is 1.45. The molecule has 1 amide bonds. The fraction of sp³-hybridized carbons (Fsp3) is 0.143. The van der Waals surface area contributed by atoms with E-state index in [1.54, 1.807) is 18.2 Å². The zero-order chi connectivity index (χ0) is 19.4. The van der Waals surface area contributed by atoms with Gasteiger partial charge in [-0.2, -0.15) is 9.78 Å². The van der Waals surface area contributed by atoms with Crippen molar-refractivity contribution in [3.63, 3.8) is 0 Å². The first-order valence-corrected chi connectivity index (χ1v) is 8.07. The fourth-order valence-corrected chi connectivity index (χ4v) is 2.59. The molecule has 0 atom stereocenters. The maximum Gasteiger partial charge on any atom is 0.293 e. The van der Waals surface area contributed by atoms with Gasteiger partial charge in [0.25, 0.3) is 5.91 Å². The Hall–Kier alpha value is -3.02. The Morgan fingerprint density at radius 2 is 2.15 bits per heavy atom. The van der Waals surface area contributed by atoms with Crippen LogP contribution in [0.15, 0.2) is 27.9 Å². The summed E-state index contributed by atoms with van der Waals surface area (Å²) in [5.41, 5.74) is 8.68. The van der Waals surface area contributed by atoms with Crippen molar-refractivity contribution in [2.75, 3.05) is 12.8 Å². The van der Waals surface area contributed by atoms with Crippen LogP contribution in [0, 0.1) is 0 Å². The first-order chi connectivity index (χ1) is 13.0. The van der Waals surface area contributed by atoms with Gasteiger partial charge < -0.3 is 10.5 Å². The number of benzene rings is 1. The van der Waals surface area contributed by atoms with E-state index in [2.05, 4.69) is 35.8 Å². The van der Waals surface area contributed by atoms with Gasteiger partial charge in [-0.1, -0.05) is 34.5 Å². The second kappa shape index (κ2) is 8.12. The molecule has 0 spiro atoms. The van der Waals surface area contributed by atoms with E-state index in [1.807, 2.05) is 0 Å². The number of carbonyl (C=O) groups excluding carboxylic acids is 1. The summed E-state index contributed by atoms with van der Waals surface area (Å²) in [5, 5.41) is 19.4. The third kappa shape index (κ3) is 3.89. The van der Waals surface area contributed by atoms with E-state index in [0.717, 1.165) is 0 Å². The Labute approximate surface area is 162 Å². The average molecular weight is 411 g/mol. The number of halogens is 2. The van der Waals surface area contributed by atoms with Crippen molar-refractivity contribution >= 4 is 41.1 Å². The minimum absolute atomic E-state index is 0.00209. The van der Waals surface area contributed by atoms with Crippen LogP contribution >= 0.6 is 23.2 Å². The first kappa shape index (κ1) is 18.8. The zero-order valence-corrected chi connectivity index (χ0v) is 15.3. The van der Waals surface area contributed by atoms with E-state index in [-0.39, 0.29) is 29.6 Å². The van der Waals surface area contributed by atoms with Crippen LogP contribution in [0.3, 0.4) is 0 Å². The number of ether oxygens (including phenoxy) is 1. The van der Waals surface area contributed by atoms with Crippen LogP contribution in [0.25, 0.3) is 5.82 Å². The number of rotatable bonds is 6. The molecule has 0 radical (unpaired) electrons. The van der Waals surface area contributed by atoms with Crippen molar-refractivity contribution < 1.29 is 14.2 Å². The van der Waals surface area contributed by atoms with Crippen LogP contribution in [-0.2, 0) is 11.3 Å². The average Bonchev–Trinajstić information content (AvgIpc) is 3.23. The number of anilines is 1. The van der Waals surface area contributed by atoms with E-state index in [0.29, 0.717) is 15.6 Å². The summed E-state index contributed by atoms with van der Waals surface area (Å²) in [6, 6.07) is 4.99.